The van der Waals surface area contributed by atoms with Gasteiger partial charge in [0.05, 0.1) is 0 Å². The summed E-state index contributed by atoms with van der Waals surface area (Å²) < 4.78 is 0. The number of fused-ring (bicyclic) bond motifs is 3. The fraction of sp³-hybridized carbons (Fsp3) is 0.125. The average Bonchev–Trinajstić information content (AvgIpc) is 2.81. The Labute approximate surface area is 126 Å². The van der Waals surface area contributed by atoms with Gasteiger partial charge < -0.3 is 21.1 Å². The number of hydrogen-bond acceptors (Lipinski definition) is 3. The van der Waals surface area contributed by atoms with E-state index in [9.17, 15) is 14.7 Å². The number of aliphatic hydroxyl groups is 1. The molecule has 2 heterocycles. The van der Waals surface area contributed by atoms with E-state index in [1.165, 1.54) is 0 Å². The van der Waals surface area contributed by atoms with Crippen LogP contribution in [0.4, 0.5) is 10.5 Å². The Morgan fingerprint density at radius 3 is 2.32 bits per heavy atom. The van der Waals surface area contributed by atoms with E-state index in [-0.39, 0.29) is 0 Å². The Balaban J connectivity index is 2.04. The highest BCUT2D eigenvalue weighted by Crippen LogP contribution is 2.48. The Morgan fingerprint density at radius 1 is 0.864 bits per heavy atom. The molecule has 6 heteroatoms. The second kappa shape index (κ2) is 4.08. The summed E-state index contributed by atoms with van der Waals surface area (Å²) >= 11 is 0. The summed E-state index contributed by atoms with van der Waals surface area (Å²) in [5, 5.41) is 19.1. The van der Waals surface area contributed by atoms with Gasteiger partial charge in [0.15, 0.2) is 5.54 Å². The molecule has 4 N–H and O–H groups in total. The third-order valence-electron chi connectivity index (χ3n) is 4.25. The van der Waals surface area contributed by atoms with Crippen LogP contribution in [0.1, 0.15) is 11.1 Å². The zero-order valence-corrected chi connectivity index (χ0v) is 11.5. The molecule has 2 atom stereocenters. The molecular weight excluding hydrogens is 282 g/mol. The number of carbonyl (C=O) groups is 2. The lowest BCUT2D eigenvalue weighted by Gasteiger charge is -2.43. The topological polar surface area (TPSA) is 90.5 Å². The molecule has 110 valence electrons. The molecule has 6 nitrogen and oxygen atoms in total. The van der Waals surface area contributed by atoms with Gasteiger partial charge in [0.25, 0.3) is 5.91 Å². The first kappa shape index (κ1) is 12.8. The molecule has 2 aromatic carbocycles. The predicted octanol–water partition coefficient (Wildman–Crippen LogP) is 0.992. The van der Waals surface area contributed by atoms with Gasteiger partial charge in [-0.25, -0.2) is 4.79 Å². The zero-order valence-electron chi connectivity index (χ0n) is 11.5. The molecule has 0 aliphatic carbocycles. The number of nitrogens with one attached hydrogen (secondary N) is 3. The summed E-state index contributed by atoms with van der Waals surface area (Å²) in [6, 6.07) is 15.0. The van der Waals surface area contributed by atoms with Crippen molar-refractivity contribution in [2.75, 3.05) is 5.32 Å². The first-order valence-electron chi connectivity index (χ1n) is 6.87. The van der Waals surface area contributed by atoms with Gasteiger partial charge >= 0.3 is 6.03 Å². The lowest BCUT2D eigenvalue weighted by atomic mass is 9.74. The molecule has 1 fully saturated rings. The van der Waals surface area contributed by atoms with Crippen LogP contribution in [-0.4, -0.2) is 17.0 Å². The normalized spacial score (nSPS) is 29.0. The summed E-state index contributed by atoms with van der Waals surface area (Å²) in [6.07, 6.45) is 0. The monoisotopic (exact) mass is 295 g/mol. The van der Waals surface area contributed by atoms with Gasteiger partial charge in [-0.1, -0.05) is 48.5 Å². The summed E-state index contributed by atoms with van der Waals surface area (Å²) in [5.74, 6) is -0.488. The SMILES string of the molecule is O=C1N[C@@]2(O)c3ccccc3NC(=O)[C@@]2(c2ccccc2)N1. The first-order valence-corrected chi connectivity index (χ1v) is 6.87. The highest BCUT2D eigenvalue weighted by Gasteiger charge is 2.67. The van der Waals surface area contributed by atoms with Crippen LogP contribution in [0.3, 0.4) is 0 Å². The third-order valence-corrected chi connectivity index (χ3v) is 4.25. The van der Waals surface area contributed by atoms with Gasteiger partial charge in [0, 0.05) is 11.3 Å². The van der Waals surface area contributed by atoms with Crippen molar-refractivity contribution in [1.29, 1.82) is 0 Å². The Hall–Kier alpha value is -2.86. The number of urea groups is 1. The fourth-order valence-corrected chi connectivity index (χ4v) is 3.26. The molecule has 2 aromatic rings. The number of anilines is 1. The minimum absolute atomic E-state index is 0.441. The van der Waals surface area contributed by atoms with Crippen molar-refractivity contribution in [3.63, 3.8) is 0 Å². The maximum atomic E-state index is 12.8. The summed E-state index contributed by atoms with van der Waals surface area (Å²) in [6.45, 7) is 0. The van der Waals surface area contributed by atoms with Crippen molar-refractivity contribution >= 4 is 17.6 Å². The number of amides is 3. The molecule has 2 aliphatic heterocycles. The maximum Gasteiger partial charge on any atom is 0.318 e. The lowest BCUT2D eigenvalue weighted by Crippen LogP contribution is -2.64. The summed E-state index contributed by atoms with van der Waals surface area (Å²) in [5.41, 5.74) is -2.05. The van der Waals surface area contributed by atoms with Gasteiger partial charge in [-0.05, 0) is 11.6 Å². The van der Waals surface area contributed by atoms with Gasteiger partial charge in [0.1, 0.15) is 0 Å². The van der Waals surface area contributed by atoms with Crippen molar-refractivity contribution < 1.29 is 14.7 Å². The van der Waals surface area contributed by atoms with Crippen molar-refractivity contribution in [2.45, 2.75) is 11.3 Å². The van der Waals surface area contributed by atoms with E-state index in [0.717, 1.165) is 0 Å². The molecule has 0 radical (unpaired) electrons. The molecule has 2 aliphatic rings. The number of hydrogen-bond donors (Lipinski definition) is 4. The highest BCUT2D eigenvalue weighted by atomic mass is 16.3. The van der Waals surface area contributed by atoms with E-state index in [1.807, 2.05) is 0 Å². The minimum atomic E-state index is -1.86. The fourth-order valence-electron chi connectivity index (χ4n) is 3.26. The van der Waals surface area contributed by atoms with Crippen molar-refractivity contribution in [3.05, 3.63) is 65.7 Å². The van der Waals surface area contributed by atoms with Crippen LogP contribution in [0.5, 0.6) is 0 Å². The molecule has 0 unspecified atom stereocenters. The number of rotatable bonds is 1. The maximum absolute atomic E-state index is 12.8. The summed E-state index contributed by atoms with van der Waals surface area (Å²) in [7, 11) is 0. The van der Waals surface area contributed by atoms with Crippen LogP contribution in [0.2, 0.25) is 0 Å². The molecule has 3 amide bonds. The van der Waals surface area contributed by atoms with Crippen LogP contribution in [0.25, 0.3) is 0 Å². The molecule has 1 saturated heterocycles. The molecule has 0 spiro atoms. The van der Waals surface area contributed by atoms with Crippen LogP contribution >= 0.6 is 0 Å². The van der Waals surface area contributed by atoms with Gasteiger partial charge in [-0.2, -0.15) is 0 Å². The van der Waals surface area contributed by atoms with Crippen LogP contribution < -0.4 is 16.0 Å². The van der Waals surface area contributed by atoms with Crippen molar-refractivity contribution in [1.82, 2.24) is 10.6 Å². The standard InChI is InChI=1S/C16H13N3O3/c20-13-15(10-6-2-1-3-7-10)16(22,19-14(21)18-15)11-8-4-5-9-12(11)17-13/h1-9,22H,(H,17,20)(H2,18,19,21)/t15-,16-/m1/s1. The highest BCUT2D eigenvalue weighted by molar-refractivity contribution is 6.07. The number of para-hydroxylation sites is 1. The van der Waals surface area contributed by atoms with E-state index in [1.54, 1.807) is 54.6 Å². The van der Waals surface area contributed by atoms with Crippen LogP contribution in [-0.2, 0) is 16.1 Å². The Morgan fingerprint density at radius 2 is 1.55 bits per heavy atom. The van der Waals surface area contributed by atoms with E-state index in [0.29, 0.717) is 16.8 Å². The third kappa shape index (κ3) is 1.37. The zero-order chi connectivity index (χ0) is 15.4. The molecule has 0 aromatic heterocycles. The smallest absolute Gasteiger partial charge is 0.318 e. The largest absolute Gasteiger partial charge is 0.364 e. The Kier molecular flexibility index (Phi) is 2.38. The van der Waals surface area contributed by atoms with Gasteiger partial charge in [-0.3, -0.25) is 4.79 Å². The predicted molar refractivity (Wildman–Crippen MR) is 78.8 cm³/mol. The van der Waals surface area contributed by atoms with Crippen LogP contribution in [0.15, 0.2) is 54.6 Å². The van der Waals surface area contributed by atoms with E-state index >= 15 is 0 Å². The Bertz CT molecular complexity index is 792. The summed E-state index contributed by atoms with van der Waals surface area (Å²) in [4.78, 5) is 24.8. The number of carbonyl (C=O) groups excluding carboxylic acids is 2. The average molecular weight is 295 g/mol. The van der Waals surface area contributed by atoms with E-state index < -0.39 is 23.2 Å². The van der Waals surface area contributed by atoms with Crippen molar-refractivity contribution in [3.8, 4) is 0 Å². The van der Waals surface area contributed by atoms with Gasteiger partial charge in [-0.15, -0.1) is 0 Å². The molecular formula is C16H13N3O3. The first-order chi connectivity index (χ1) is 10.6. The van der Waals surface area contributed by atoms with Gasteiger partial charge in [0.2, 0.25) is 5.72 Å². The van der Waals surface area contributed by atoms with Crippen LogP contribution in [0, 0.1) is 0 Å². The molecule has 4 rings (SSSR count). The van der Waals surface area contributed by atoms with E-state index in [2.05, 4.69) is 16.0 Å². The number of benzene rings is 2. The van der Waals surface area contributed by atoms with Crippen molar-refractivity contribution in [2.24, 2.45) is 0 Å². The molecule has 0 saturated carbocycles. The lowest BCUT2D eigenvalue weighted by molar-refractivity contribution is -0.137. The minimum Gasteiger partial charge on any atom is -0.364 e. The quantitative estimate of drug-likeness (QED) is 0.632. The molecule has 22 heavy (non-hydrogen) atoms. The van der Waals surface area contributed by atoms with E-state index in [4.69, 9.17) is 0 Å². The molecule has 0 bridgehead atoms. The second-order valence-corrected chi connectivity index (χ2v) is 5.41. The second-order valence-electron chi connectivity index (χ2n) is 5.41.